The summed E-state index contributed by atoms with van der Waals surface area (Å²) in [5, 5.41) is 8.49. The number of aromatic amines is 1. The highest BCUT2D eigenvalue weighted by Crippen LogP contribution is 2.36. The van der Waals surface area contributed by atoms with E-state index in [2.05, 4.69) is 20.2 Å². The molecule has 8 heteroatoms. The van der Waals surface area contributed by atoms with Crippen molar-refractivity contribution in [3.63, 3.8) is 0 Å². The predicted octanol–water partition coefficient (Wildman–Crippen LogP) is 6.00. The lowest BCUT2D eigenvalue weighted by Gasteiger charge is -2.21. The maximum absolute atomic E-state index is 13.3. The van der Waals surface area contributed by atoms with E-state index in [-0.39, 0.29) is 5.82 Å². The molecule has 1 atom stereocenters. The van der Waals surface area contributed by atoms with Crippen molar-refractivity contribution in [2.24, 2.45) is 0 Å². The molecule has 3 aromatic heterocycles. The van der Waals surface area contributed by atoms with E-state index in [9.17, 15) is 8.60 Å². The predicted molar refractivity (Wildman–Crippen MR) is 132 cm³/mol. The van der Waals surface area contributed by atoms with Gasteiger partial charge in [0.25, 0.3) is 0 Å². The van der Waals surface area contributed by atoms with E-state index >= 15 is 0 Å². The first-order chi connectivity index (χ1) is 16.6. The minimum Gasteiger partial charge on any atom is -0.438 e. The molecule has 0 spiro atoms. The van der Waals surface area contributed by atoms with E-state index in [0.29, 0.717) is 16.7 Å². The zero-order valence-electron chi connectivity index (χ0n) is 18.6. The lowest BCUT2D eigenvalue weighted by atomic mass is 10.0. The lowest BCUT2D eigenvalue weighted by molar-refractivity contribution is 0.506. The minimum atomic E-state index is -0.524. The Morgan fingerprint density at radius 1 is 1.03 bits per heavy atom. The molecule has 1 fully saturated rings. The quantitative estimate of drug-likeness (QED) is 0.345. The van der Waals surface area contributed by atoms with Crippen molar-refractivity contribution in [3.8, 4) is 33.8 Å². The Kier molecular flexibility index (Phi) is 6.31. The van der Waals surface area contributed by atoms with Crippen LogP contribution >= 0.6 is 0 Å². The number of fused-ring (bicyclic) bond motifs is 1. The van der Waals surface area contributed by atoms with E-state index in [4.69, 9.17) is 4.42 Å². The molecular weight excluding hydrogens is 451 g/mol. The molecule has 2 aromatic carbocycles. The molecule has 34 heavy (non-hydrogen) atoms. The minimum absolute atomic E-state index is 0.286. The number of nitrogens with zero attached hydrogens (tertiary/aromatic N) is 3. The fourth-order valence-corrected chi connectivity index (χ4v) is 4.82. The molecule has 0 aliphatic heterocycles. The second-order valence-electron chi connectivity index (χ2n) is 8.13. The first-order valence-electron chi connectivity index (χ1n) is 11.0. The molecule has 0 saturated heterocycles. The molecule has 6 rings (SSSR count). The summed E-state index contributed by atoms with van der Waals surface area (Å²) in [5.74, 6) is 0.436. The van der Waals surface area contributed by atoms with Crippen molar-refractivity contribution in [2.45, 2.75) is 24.5 Å². The number of hydrogen-bond acceptors (Lipinski definition) is 5. The van der Waals surface area contributed by atoms with E-state index in [1.165, 1.54) is 37.7 Å². The first-order valence-corrected chi connectivity index (χ1v) is 12.6. The third-order valence-electron chi connectivity index (χ3n) is 5.94. The first kappa shape index (κ1) is 22.2. The monoisotopic (exact) mass is 474 g/mol. The van der Waals surface area contributed by atoms with Crippen molar-refractivity contribution >= 4 is 21.9 Å². The Morgan fingerprint density at radius 2 is 1.79 bits per heavy atom. The molecule has 1 N–H and O–H groups in total. The molecule has 1 unspecified atom stereocenters. The van der Waals surface area contributed by atoms with Gasteiger partial charge in [0.05, 0.1) is 23.0 Å². The summed E-state index contributed by atoms with van der Waals surface area (Å²) >= 11 is 0. The van der Waals surface area contributed by atoms with E-state index < -0.39 is 10.8 Å². The number of H-pyrrole nitrogens is 1. The van der Waals surface area contributed by atoms with Crippen molar-refractivity contribution in [1.82, 2.24) is 20.2 Å². The van der Waals surface area contributed by atoms with Crippen LogP contribution in [0.1, 0.15) is 19.3 Å². The van der Waals surface area contributed by atoms with Crippen LogP contribution in [0.15, 0.2) is 77.6 Å². The molecule has 0 radical (unpaired) electrons. The second-order valence-corrected chi connectivity index (χ2v) is 9.80. The molecule has 172 valence electrons. The molecule has 1 saturated carbocycles. The molecule has 0 amide bonds. The SMILES string of the molecule is CS(=O)C1CCC1.Fc1ccc(-c2[nH]ncc2-c2ncnc3oc(-c4ccccc4)cc23)cc1. The number of rotatable bonds is 4. The molecular formula is C26H23FN4O2S. The van der Waals surface area contributed by atoms with Gasteiger partial charge in [0.15, 0.2) is 0 Å². The van der Waals surface area contributed by atoms with Gasteiger partial charge in [-0.25, -0.2) is 14.4 Å². The summed E-state index contributed by atoms with van der Waals surface area (Å²) in [6.45, 7) is 0. The zero-order valence-corrected chi connectivity index (χ0v) is 19.4. The zero-order chi connectivity index (χ0) is 23.5. The van der Waals surface area contributed by atoms with Gasteiger partial charge >= 0.3 is 0 Å². The average molecular weight is 475 g/mol. The van der Waals surface area contributed by atoms with Gasteiger partial charge in [0.2, 0.25) is 5.71 Å². The van der Waals surface area contributed by atoms with Crippen LogP contribution in [-0.4, -0.2) is 35.9 Å². The molecule has 5 aromatic rings. The van der Waals surface area contributed by atoms with Crippen molar-refractivity contribution in [3.05, 3.63) is 79.0 Å². The highest BCUT2D eigenvalue weighted by molar-refractivity contribution is 7.84. The summed E-state index contributed by atoms with van der Waals surface area (Å²) in [6, 6.07) is 18.0. The van der Waals surface area contributed by atoms with Crippen LogP contribution in [0.3, 0.4) is 0 Å². The Hall–Kier alpha value is -3.65. The number of nitrogens with one attached hydrogen (secondary N) is 1. The van der Waals surface area contributed by atoms with Gasteiger partial charge in [0, 0.05) is 39.0 Å². The van der Waals surface area contributed by atoms with Crippen molar-refractivity contribution in [2.75, 3.05) is 6.26 Å². The number of benzene rings is 2. The lowest BCUT2D eigenvalue weighted by Crippen LogP contribution is -2.21. The van der Waals surface area contributed by atoms with Crippen LogP contribution in [0.2, 0.25) is 0 Å². The average Bonchev–Trinajstić information content (AvgIpc) is 3.46. The topological polar surface area (TPSA) is 84.7 Å². The van der Waals surface area contributed by atoms with Crippen LogP contribution in [0, 0.1) is 5.82 Å². The number of furan rings is 1. The summed E-state index contributed by atoms with van der Waals surface area (Å²) in [7, 11) is -0.524. The Labute approximate surface area is 198 Å². The van der Waals surface area contributed by atoms with E-state index in [1.807, 2.05) is 36.4 Å². The summed E-state index contributed by atoms with van der Waals surface area (Å²) in [5.41, 5.74) is 4.56. The second kappa shape index (κ2) is 9.69. The smallest absolute Gasteiger partial charge is 0.230 e. The normalized spacial score (nSPS) is 14.3. The number of hydrogen-bond donors (Lipinski definition) is 1. The Bertz CT molecular complexity index is 1430. The maximum Gasteiger partial charge on any atom is 0.230 e. The largest absolute Gasteiger partial charge is 0.438 e. The van der Waals surface area contributed by atoms with Crippen LogP contribution in [0.4, 0.5) is 4.39 Å². The Morgan fingerprint density at radius 3 is 2.44 bits per heavy atom. The fourth-order valence-electron chi connectivity index (χ4n) is 3.82. The van der Waals surface area contributed by atoms with Gasteiger partial charge in [-0.2, -0.15) is 5.10 Å². The van der Waals surface area contributed by atoms with Gasteiger partial charge in [-0.15, -0.1) is 0 Å². The van der Waals surface area contributed by atoms with Gasteiger partial charge in [-0.3, -0.25) is 9.31 Å². The van der Waals surface area contributed by atoms with E-state index in [1.54, 1.807) is 24.6 Å². The van der Waals surface area contributed by atoms with Crippen LogP contribution < -0.4 is 0 Å². The van der Waals surface area contributed by atoms with Gasteiger partial charge in [-0.05, 0) is 43.2 Å². The molecule has 3 heterocycles. The fraction of sp³-hybridized carbons (Fsp3) is 0.192. The highest BCUT2D eigenvalue weighted by Gasteiger charge is 2.20. The van der Waals surface area contributed by atoms with E-state index in [0.717, 1.165) is 33.5 Å². The van der Waals surface area contributed by atoms with Crippen LogP contribution in [-0.2, 0) is 10.8 Å². The Balaban J connectivity index is 0.000000297. The van der Waals surface area contributed by atoms with Crippen LogP contribution in [0.25, 0.3) is 44.9 Å². The molecule has 0 bridgehead atoms. The van der Waals surface area contributed by atoms with Crippen molar-refractivity contribution < 1.29 is 13.0 Å². The molecule has 1 aliphatic carbocycles. The third kappa shape index (κ3) is 4.54. The summed E-state index contributed by atoms with van der Waals surface area (Å²) in [4.78, 5) is 8.71. The number of halogens is 1. The van der Waals surface area contributed by atoms with Gasteiger partial charge < -0.3 is 4.42 Å². The van der Waals surface area contributed by atoms with Crippen molar-refractivity contribution in [1.29, 1.82) is 0 Å². The molecule has 1 aliphatic rings. The summed E-state index contributed by atoms with van der Waals surface area (Å²) < 4.78 is 29.7. The summed E-state index contributed by atoms with van der Waals surface area (Å²) in [6.07, 6.45) is 8.66. The van der Waals surface area contributed by atoms with Crippen LogP contribution in [0.5, 0.6) is 0 Å². The third-order valence-corrected chi connectivity index (χ3v) is 7.35. The highest BCUT2D eigenvalue weighted by atomic mass is 32.2. The number of aromatic nitrogens is 4. The standard InChI is InChI=1S/C21H13FN4O.C5H10OS/c22-15-8-6-14(7-9-15)19-17(11-25-26-19)20-16-10-18(13-4-2-1-3-5-13)27-21(16)24-12-23-20;1-7(6)5-3-2-4-5/h1-12H,(H,25,26);5H,2-4H2,1H3. The molecule has 6 nitrogen and oxygen atoms in total. The van der Waals surface area contributed by atoms with Gasteiger partial charge in [0.1, 0.15) is 17.9 Å². The van der Waals surface area contributed by atoms with Gasteiger partial charge in [-0.1, -0.05) is 36.8 Å². The maximum atomic E-state index is 13.3.